The van der Waals surface area contributed by atoms with Crippen LogP contribution in [-0.2, 0) is 4.74 Å². The minimum Gasteiger partial charge on any atom is -0.366 e. The highest BCUT2D eigenvalue weighted by Gasteiger charge is 2.57. The number of rotatable bonds is 1. The predicted molar refractivity (Wildman–Crippen MR) is 33.2 cm³/mol. The highest BCUT2D eigenvalue weighted by molar-refractivity contribution is 5.06. The quantitative estimate of drug-likeness (QED) is 0.429. The van der Waals surface area contributed by atoms with E-state index in [2.05, 4.69) is 10.2 Å². The third-order valence-electron chi connectivity index (χ3n) is 2.41. The van der Waals surface area contributed by atoms with Gasteiger partial charge in [0.05, 0.1) is 12.1 Å². The van der Waals surface area contributed by atoms with Crippen molar-refractivity contribution in [3.63, 3.8) is 0 Å². The summed E-state index contributed by atoms with van der Waals surface area (Å²) in [7, 11) is 0. The van der Waals surface area contributed by atoms with E-state index < -0.39 is 6.29 Å². The zero-order valence-electron chi connectivity index (χ0n) is 5.53. The Bertz CT molecular complexity index is 171. The van der Waals surface area contributed by atoms with E-state index >= 15 is 0 Å². The molecule has 0 radical (unpaired) electrons. The Morgan fingerprint density at radius 3 is 2.80 bits per heavy atom. The summed E-state index contributed by atoms with van der Waals surface area (Å²) in [6.07, 6.45) is -0.354. The number of nitrogens with zero attached hydrogens (tertiary/aromatic N) is 1. The lowest BCUT2D eigenvalue weighted by atomic mass is 10.4. The predicted octanol–water partition coefficient (Wildman–Crippen LogP) is -1.68. The van der Waals surface area contributed by atoms with Crippen LogP contribution in [0.15, 0.2) is 0 Å². The second-order valence-electron chi connectivity index (χ2n) is 3.20. The van der Waals surface area contributed by atoms with Gasteiger partial charge in [-0.25, -0.2) is 0 Å². The van der Waals surface area contributed by atoms with Gasteiger partial charge in [-0.15, -0.1) is 0 Å². The number of hydrogen-bond acceptors (Lipinski definition) is 4. The first-order valence-corrected chi connectivity index (χ1v) is 3.69. The maximum atomic E-state index is 9.19. The summed E-state index contributed by atoms with van der Waals surface area (Å²) >= 11 is 0. The Morgan fingerprint density at radius 2 is 2.40 bits per heavy atom. The second kappa shape index (κ2) is 1.53. The molecule has 3 aliphatic heterocycles. The largest absolute Gasteiger partial charge is 0.366 e. The molecule has 2 N–H and O–H groups in total. The molecule has 0 amide bonds. The van der Waals surface area contributed by atoms with Crippen LogP contribution >= 0.6 is 0 Å². The molecule has 3 saturated heterocycles. The van der Waals surface area contributed by atoms with Gasteiger partial charge in [-0.1, -0.05) is 0 Å². The molecule has 1 unspecified atom stereocenters. The zero-order chi connectivity index (χ0) is 6.72. The normalized spacial score (nSPS) is 63.9. The van der Waals surface area contributed by atoms with Gasteiger partial charge in [-0.3, -0.25) is 4.90 Å². The molecule has 0 aromatic rings. The standard InChI is InChI=1S/C6H10N2O2/c9-6-4-2-8(4)5(10-6)3-1-7-3/h3-7,9H,1-2H2/t3-,4-,5-,6-,8?/m1/s1. The van der Waals surface area contributed by atoms with Crippen molar-refractivity contribution < 1.29 is 9.84 Å². The number of ether oxygens (including phenoxy) is 1. The lowest BCUT2D eigenvalue weighted by Gasteiger charge is -2.11. The molecule has 3 fully saturated rings. The Balaban J connectivity index is 1.76. The molecule has 3 rings (SSSR count). The van der Waals surface area contributed by atoms with E-state index in [-0.39, 0.29) is 6.23 Å². The number of aliphatic hydroxyl groups is 1. The van der Waals surface area contributed by atoms with Crippen molar-refractivity contribution in [1.29, 1.82) is 0 Å². The van der Waals surface area contributed by atoms with E-state index in [4.69, 9.17) is 4.74 Å². The van der Waals surface area contributed by atoms with Crippen LogP contribution in [0.25, 0.3) is 0 Å². The summed E-state index contributed by atoms with van der Waals surface area (Å²) in [6, 6.07) is 0.801. The number of aliphatic hydroxyl groups excluding tert-OH is 1. The average molecular weight is 142 g/mol. The van der Waals surface area contributed by atoms with Crippen LogP contribution in [-0.4, -0.2) is 47.7 Å². The first-order valence-electron chi connectivity index (χ1n) is 3.69. The fourth-order valence-electron chi connectivity index (χ4n) is 1.62. The van der Waals surface area contributed by atoms with Gasteiger partial charge in [0.1, 0.15) is 6.23 Å². The smallest absolute Gasteiger partial charge is 0.173 e. The monoisotopic (exact) mass is 142 g/mol. The fourth-order valence-corrected chi connectivity index (χ4v) is 1.62. The molecule has 0 spiro atoms. The molecule has 4 nitrogen and oxygen atoms in total. The third-order valence-corrected chi connectivity index (χ3v) is 2.41. The lowest BCUT2D eigenvalue weighted by molar-refractivity contribution is -0.111. The minimum absolute atomic E-state index is 0.167. The van der Waals surface area contributed by atoms with Crippen LogP contribution in [0.3, 0.4) is 0 Å². The average Bonchev–Trinajstić information content (AvgIpc) is 2.81. The highest BCUT2D eigenvalue weighted by atomic mass is 16.6. The summed E-state index contributed by atoms with van der Waals surface area (Å²) in [5.74, 6) is 0. The molecule has 3 heterocycles. The molecule has 0 aliphatic carbocycles. The van der Waals surface area contributed by atoms with Gasteiger partial charge in [0.25, 0.3) is 0 Å². The molecule has 0 aromatic carbocycles. The van der Waals surface area contributed by atoms with Crippen molar-refractivity contribution in [3.8, 4) is 0 Å². The number of fused-ring (bicyclic) bond motifs is 1. The zero-order valence-corrected chi connectivity index (χ0v) is 5.53. The highest BCUT2D eigenvalue weighted by Crippen LogP contribution is 2.36. The van der Waals surface area contributed by atoms with Crippen molar-refractivity contribution in [1.82, 2.24) is 10.2 Å². The van der Waals surface area contributed by atoms with Crippen molar-refractivity contribution in [2.75, 3.05) is 13.1 Å². The van der Waals surface area contributed by atoms with Gasteiger partial charge in [-0.2, -0.15) is 0 Å². The fraction of sp³-hybridized carbons (Fsp3) is 1.00. The van der Waals surface area contributed by atoms with Crippen molar-refractivity contribution in [2.45, 2.75) is 24.6 Å². The van der Waals surface area contributed by atoms with Gasteiger partial charge in [0.2, 0.25) is 0 Å². The maximum Gasteiger partial charge on any atom is 0.173 e. The molecule has 10 heavy (non-hydrogen) atoms. The summed E-state index contributed by atoms with van der Waals surface area (Å²) in [5.41, 5.74) is 0. The van der Waals surface area contributed by atoms with Gasteiger partial charge in [0, 0.05) is 13.1 Å². The Hall–Kier alpha value is -0.160. The van der Waals surface area contributed by atoms with Gasteiger partial charge in [-0.05, 0) is 0 Å². The van der Waals surface area contributed by atoms with Gasteiger partial charge >= 0.3 is 0 Å². The van der Waals surface area contributed by atoms with Crippen LogP contribution in [0, 0.1) is 0 Å². The second-order valence-corrected chi connectivity index (χ2v) is 3.20. The Labute approximate surface area is 58.8 Å². The van der Waals surface area contributed by atoms with E-state index in [9.17, 15) is 5.11 Å². The molecule has 4 heteroatoms. The molecule has 5 atom stereocenters. The molecule has 0 saturated carbocycles. The van der Waals surface area contributed by atoms with Crippen LogP contribution in [0.5, 0.6) is 0 Å². The van der Waals surface area contributed by atoms with Gasteiger partial charge in [0.15, 0.2) is 6.29 Å². The van der Waals surface area contributed by atoms with Crippen LogP contribution in [0.1, 0.15) is 0 Å². The van der Waals surface area contributed by atoms with Crippen LogP contribution < -0.4 is 5.32 Å². The molecule has 56 valence electrons. The lowest BCUT2D eigenvalue weighted by Crippen LogP contribution is -2.27. The molecular weight excluding hydrogens is 132 g/mol. The summed E-state index contributed by atoms with van der Waals surface area (Å²) < 4.78 is 5.27. The van der Waals surface area contributed by atoms with E-state index in [1.807, 2.05) is 0 Å². The van der Waals surface area contributed by atoms with Crippen molar-refractivity contribution in [2.24, 2.45) is 0 Å². The van der Waals surface area contributed by atoms with E-state index in [1.54, 1.807) is 0 Å². The summed E-state index contributed by atoms with van der Waals surface area (Å²) in [6.45, 7) is 2.06. The number of hydrogen-bond donors (Lipinski definition) is 2. The van der Waals surface area contributed by atoms with Crippen LogP contribution in [0.2, 0.25) is 0 Å². The third kappa shape index (κ3) is 0.594. The SMILES string of the molecule is O[C@@H]1O[C@H]([C@H]2CN2)N2C[C@H]12. The Kier molecular flexibility index (Phi) is 0.840. The molecule has 0 bridgehead atoms. The van der Waals surface area contributed by atoms with Crippen molar-refractivity contribution >= 4 is 0 Å². The van der Waals surface area contributed by atoms with Crippen molar-refractivity contribution in [3.05, 3.63) is 0 Å². The first kappa shape index (κ1) is 5.49. The first-order chi connectivity index (χ1) is 4.86. The van der Waals surface area contributed by atoms with E-state index in [0.29, 0.717) is 12.1 Å². The number of nitrogens with one attached hydrogen (secondary N) is 1. The topological polar surface area (TPSA) is 54.4 Å². The van der Waals surface area contributed by atoms with Gasteiger partial charge < -0.3 is 15.2 Å². The van der Waals surface area contributed by atoms with E-state index in [1.165, 1.54) is 0 Å². The maximum absolute atomic E-state index is 9.19. The molecule has 3 aliphatic rings. The minimum atomic E-state index is -0.521. The summed E-state index contributed by atoms with van der Waals surface area (Å²) in [5, 5.41) is 12.4. The Morgan fingerprint density at radius 1 is 1.60 bits per heavy atom. The summed E-state index contributed by atoms with van der Waals surface area (Å²) in [4.78, 5) is 2.19. The van der Waals surface area contributed by atoms with Crippen LogP contribution in [0.4, 0.5) is 0 Å². The van der Waals surface area contributed by atoms with E-state index in [0.717, 1.165) is 13.1 Å². The molecular formula is C6H10N2O2. The molecule has 0 aromatic heterocycles.